The van der Waals surface area contributed by atoms with Crippen LogP contribution < -0.4 is 0 Å². The molecule has 0 saturated heterocycles. The zero-order valence-corrected chi connectivity index (χ0v) is 7.59. The topological polar surface area (TPSA) is 0 Å². The van der Waals surface area contributed by atoms with Crippen molar-refractivity contribution in [1.29, 1.82) is 0 Å². The summed E-state index contributed by atoms with van der Waals surface area (Å²) in [6.07, 6.45) is 12.8. The highest BCUT2D eigenvalue weighted by molar-refractivity contribution is 4.99. The highest BCUT2D eigenvalue weighted by Crippen LogP contribution is 2.05. The molecule has 0 heterocycles. The Balaban J connectivity index is 3.61. The molecule has 0 spiro atoms. The fraction of sp³-hybridized carbons (Fsp3) is 0.455. The Hall–Kier alpha value is -0.780. The molecule has 0 bridgehead atoms. The Morgan fingerprint density at radius 2 is 2.09 bits per heavy atom. The molecule has 0 aliphatic rings. The second-order valence-electron chi connectivity index (χ2n) is 2.54. The van der Waals surface area contributed by atoms with Crippen molar-refractivity contribution in [2.45, 2.75) is 26.7 Å². The van der Waals surface area contributed by atoms with Crippen molar-refractivity contribution < 1.29 is 0 Å². The van der Waals surface area contributed by atoms with Crippen molar-refractivity contribution in [1.82, 2.24) is 0 Å². The molecule has 0 aromatic rings. The minimum absolute atomic E-state index is 0.556. The monoisotopic (exact) mass is 150 g/mol. The molecule has 0 fully saturated rings. The van der Waals surface area contributed by atoms with E-state index >= 15 is 0 Å². The summed E-state index contributed by atoms with van der Waals surface area (Å²) in [6.45, 7) is 7.97. The molecule has 0 aliphatic heterocycles. The molecular weight excluding hydrogens is 132 g/mol. The molecule has 0 nitrogen and oxygen atoms in total. The fourth-order valence-corrected chi connectivity index (χ4v) is 0.849. The Labute approximate surface area is 70.3 Å². The lowest BCUT2D eigenvalue weighted by Crippen LogP contribution is -1.85. The predicted octanol–water partition coefficient (Wildman–Crippen LogP) is 3.72. The summed E-state index contributed by atoms with van der Waals surface area (Å²) in [5.74, 6) is 0.556. The molecule has 0 N–H and O–H groups in total. The summed E-state index contributed by atoms with van der Waals surface area (Å²) in [5.41, 5.74) is 0. The molecule has 0 rings (SSSR count). The summed E-state index contributed by atoms with van der Waals surface area (Å²) in [5, 5.41) is 0. The summed E-state index contributed by atoms with van der Waals surface area (Å²) in [4.78, 5) is 0. The van der Waals surface area contributed by atoms with Gasteiger partial charge in [0.2, 0.25) is 0 Å². The van der Waals surface area contributed by atoms with Gasteiger partial charge in [0.1, 0.15) is 0 Å². The molecule has 0 amide bonds. The predicted molar refractivity (Wildman–Crippen MR) is 52.5 cm³/mol. The van der Waals surface area contributed by atoms with Crippen LogP contribution in [0.15, 0.2) is 37.0 Å². The third kappa shape index (κ3) is 5.65. The molecular formula is C11H18. The van der Waals surface area contributed by atoms with E-state index < -0.39 is 0 Å². The lowest BCUT2D eigenvalue weighted by atomic mass is 10.1. The van der Waals surface area contributed by atoms with E-state index in [4.69, 9.17) is 0 Å². The van der Waals surface area contributed by atoms with Gasteiger partial charge in [0, 0.05) is 0 Å². The Morgan fingerprint density at radius 3 is 2.55 bits per heavy atom. The van der Waals surface area contributed by atoms with E-state index in [0.717, 1.165) is 12.8 Å². The third-order valence-corrected chi connectivity index (χ3v) is 1.67. The van der Waals surface area contributed by atoms with Crippen LogP contribution in [0.2, 0.25) is 0 Å². The van der Waals surface area contributed by atoms with E-state index in [-0.39, 0.29) is 0 Å². The summed E-state index contributed by atoms with van der Waals surface area (Å²) in [6, 6.07) is 0. The van der Waals surface area contributed by atoms with Gasteiger partial charge < -0.3 is 0 Å². The Morgan fingerprint density at radius 1 is 1.36 bits per heavy atom. The minimum atomic E-state index is 0.556. The van der Waals surface area contributed by atoms with Crippen LogP contribution in [0.1, 0.15) is 26.7 Å². The first kappa shape index (κ1) is 10.2. The first-order valence-corrected chi connectivity index (χ1v) is 4.25. The molecule has 0 heteroatoms. The lowest BCUT2D eigenvalue weighted by Gasteiger charge is -1.99. The van der Waals surface area contributed by atoms with Crippen molar-refractivity contribution in [3.05, 3.63) is 37.0 Å². The van der Waals surface area contributed by atoms with E-state index in [1.165, 1.54) is 0 Å². The fourth-order valence-electron chi connectivity index (χ4n) is 0.849. The number of rotatable bonds is 5. The largest absolute Gasteiger partial charge is 0.102 e. The quantitative estimate of drug-likeness (QED) is 0.524. The highest BCUT2D eigenvalue weighted by Gasteiger charge is 1.91. The van der Waals surface area contributed by atoms with E-state index in [9.17, 15) is 0 Å². The SMILES string of the molecule is C=CC(/C=C/C/C=C/C)CC. The second-order valence-corrected chi connectivity index (χ2v) is 2.54. The van der Waals surface area contributed by atoms with Crippen molar-refractivity contribution in [3.8, 4) is 0 Å². The normalized spacial score (nSPS) is 14.4. The molecule has 11 heavy (non-hydrogen) atoms. The number of hydrogen-bond donors (Lipinski definition) is 0. The van der Waals surface area contributed by atoms with Crippen LogP contribution in [0, 0.1) is 5.92 Å². The minimum Gasteiger partial charge on any atom is -0.102 e. The van der Waals surface area contributed by atoms with Crippen LogP contribution in [0.5, 0.6) is 0 Å². The zero-order chi connectivity index (χ0) is 8.53. The van der Waals surface area contributed by atoms with Gasteiger partial charge in [0.05, 0.1) is 0 Å². The highest BCUT2D eigenvalue weighted by atomic mass is 14.0. The third-order valence-electron chi connectivity index (χ3n) is 1.67. The van der Waals surface area contributed by atoms with E-state index in [2.05, 4.69) is 37.8 Å². The number of allylic oxidation sites excluding steroid dienone is 5. The molecule has 0 aliphatic carbocycles. The van der Waals surface area contributed by atoms with Crippen LogP contribution in [0.3, 0.4) is 0 Å². The van der Waals surface area contributed by atoms with Crippen LogP contribution in [-0.4, -0.2) is 0 Å². The van der Waals surface area contributed by atoms with E-state index in [1.54, 1.807) is 0 Å². The lowest BCUT2D eigenvalue weighted by molar-refractivity contribution is 0.773. The van der Waals surface area contributed by atoms with Gasteiger partial charge in [-0.2, -0.15) is 0 Å². The van der Waals surface area contributed by atoms with Gasteiger partial charge >= 0.3 is 0 Å². The first-order chi connectivity index (χ1) is 5.35. The van der Waals surface area contributed by atoms with Crippen molar-refractivity contribution in [3.63, 3.8) is 0 Å². The average molecular weight is 150 g/mol. The zero-order valence-electron chi connectivity index (χ0n) is 7.59. The average Bonchev–Trinajstić information content (AvgIpc) is 2.05. The van der Waals surface area contributed by atoms with Crippen LogP contribution in [0.25, 0.3) is 0 Å². The second kappa shape index (κ2) is 7.33. The Bertz CT molecular complexity index is 140. The standard InChI is InChI=1S/C11H18/c1-4-7-8-9-10-11(5-2)6-3/h4-5,7,9-11H,2,6,8H2,1,3H3/b7-4+,10-9+. The number of hydrogen-bond acceptors (Lipinski definition) is 0. The summed E-state index contributed by atoms with van der Waals surface area (Å²) >= 11 is 0. The van der Waals surface area contributed by atoms with Crippen LogP contribution in [-0.2, 0) is 0 Å². The van der Waals surface area contributed by atoms with Gasteiger partial charge in [-0.1, -0.05) is 37.3 Å². The van der Waals surface area contributed by atoms with Gasteiger partial charge in [-0.25, -0.2) is 0 Å². The van der Waals surface area contributed by atoms with E-state index in [1.807, 2.05) is 13.0 Å². The molecule has 0 aromatic carbocycles. The summed E-state index contributed by atoms with van der Waals surface area (Å²) < 4.78 is 0. The van der Waals surface area contributed by atoms with Crippen molar-refractivity contribution >= 4 is 0 Å². The van der Waals surface area contributed by atoms with Gasteiger partial charge in [-0.3, -0.25) is 0 Å². The van der Waals surface area contributed by atoms with Gasteiger partial charge in [-0.05, 0) is 25.7 Å². The van der Waals surface area contributed by atoms with Crippen LogP contribution in [0.4, 0.5) is 0 Å². The van der Waals surface area contributed by atoms with Gasteiger partial charge in [0.15, 0.2) is 0 Å². The molecule has 0 aromatic heterocycles. The molecule has 0 radical (unpaired) electrons. The van der Waals surface area contributed by atoms with Crippen molar-refractivity contribution in [2.75, 3.05) is 0 Å². The van der Waals surface area contributed by atoms with Gasteiger partial charge in [0.25, 0.3) is 0 Å². The smallest absolute Gasteiger partial charge is 0.00587 e. The maximum Gasteiger partial charge on any atom is -0.00587 e. The Kier molecular flexibility index (Phi) is 6.81. The van der Waals surface area contributed by atoms with Crippen molar-refractivity contribution in [2.24, 2.45) is 5.92 Å². The molecule has 1 atom stereocenters. The maximum absolute atomic E-state index is 3.76. The summed E-state index contributed by atoms with van der Waals surface area (Å²) in [7, 11) is 0. The van der Waals surface area contributed by atoms with Crippen LogP contribution >= 0.6 is 0 Å². The molecule has 0 saturated carbocycles. The molecule has 1 unspecified atom stereocenters. The molecule has 62 valence electrons. The first-order valence-electron chi connectivity index (χ1n) is 4.25. The maximum atomic E-state index is 3.76. The van der Waals surface area contributed by atoms with E-state index in [0.29, 0.717) is 5.92 Å². The van der Waals surface area contributed by atoms with Gasteiger partial charge in [-0.15, -0.1) is 6.58 Å².